The zero-order valence-electron chi connectivity index (χ0n) is 36.8. The molecule has 0 heterocycles. The largest absolute Gasteiger partial charge is 0.310 e. The van der Waals surface area contributed by atoms with Gasteiger partial charge in [-0.2, -0.15) is 0 Å². The van der Waals surface area contributed by atoms with Gasteiger partial charge in [0, 0.05) is 16.9 Å². The zero-order valence-corrected chi connectivity index (χ0v) is 36.8. The van der Waals surface area contributed by atoms with E-state index in [1.54, 1.807) is 0 Å². The molecule has 0 saturated heterocycles. The first-order valence-corrected chi connectivity index (χ1v) is 23.4. The highest BCUT2D eigenvalue weighted by molar-refractivity contribution is 6.00. The summed E-state index contributed by atoms with van der Waals surface area (Å²) in [5.74, 6) is 0. The van der Waals surface area contributed by atoms with Gasteiger partial charge in [0.1, 0.15) is 0 Å². The molecule has 0 unspecified atom stereocenters. The molecule has 3 aliphatic carbocycles. The molecule has 67 heavy (non-hydrogen) atoms. The zero-order chi connectivity index (χ0) is 44.1. The summed E-state index contributed by atoms with van der Waals surface area (Å²) in [6.45, 7) is 0. The number of fused-ring (bicyclic) bond motifs is 14. The lowest BCUT2D eigenvalue weighted by atomic mass is 9.68. The van der Waals surface area contributed by atoms with E-state index in [9.17, 15) is 0 Å². The highest BCUT2D eigenvalue weighted by Gasteiger charge is 2.52. The van der Waals surface area contributed by atoms with Crippen LogP contribution in [0.3, 0.4) is 0 Å². The number of anilines is 3. The van der Waals surface area contributed by atoms with Gasteiger partial charge in [-0.15, -0.1) is 0 Å². The van der Waals surface area contributed by atoms with Crippen LogP contribution in [-0.4, -0.2) is 0 Å². The molecule has 1 nitrogen and oxygen atoms in total. The molecule has 0 amide bonds. The van der Waals surface area contributed by atoms with Crippen LogP contribution in [0.15, 0.2) is 261 Å². The highest BCUT2D eigenvalue weighted by Crippen LogP contribution is 2.64. The lowest BCUT2D eigenvalue weighted by Gasteiger charge is -2.35. The van der Waals surface area contributed by atoms with Gasteiger partial charge in [0.25, 0.3) is 0 Å². The third-order valence-corrected chi connectivity index (χ3v) is 15.1. The molecule has 0 fully saturated rings. The third kappa shape index (κ3) is 5.20. The minimum absolute atomic E-state index is 0.470. The molecule has 0 radical (unpaired) electrons. The van der Waals surface area contributed by atoms with Gasteiger partial charge in [-0.25, -0.2) is 0 Å². The predicted molar refractivity (Wildman–Crippen MR) is 278 cm³/mol. The maximum Gasteiger partial charge on any atom is 0.0726 e. The van der Waals surface area contributed by atoms with E-state index in [1.807, 2.05) is 0 Å². The van der Waals surface area contributed by atoms with Crippen LogP contribution in [0.4, 0.5) is 17.1 Å². The minimum Gasteiger partial charge on any atom is -0.310 e. The Labute approximate surface area is 391 Å². The molecule has 0 saturated carbocycles. The first kappa shape index (κ1) is 37.8. The summed E-state index contributed by atoms with van der Waals surface area (Å²) >= 11 is 0. The van der Waals surface area contributed by atoms with Gasteiger partial charge in [-0.3, -0.25) is 0 Å². The van der Waals surface area contributed by atoms with Crippen LogP contribution in [0.2, 0.25) is 0 Å². The van der Waals surface area contributed by atoms with Crippen LogP contribution in [0.5, 0.6) is 0 Å². The monoisotopic (exact) mass is 849 g/mol. The SMILES string of the molecule is c1ccc(C2(c3ccccc3)c3ccccc3-c3c(N(c4ccc(-c5ccc6ccccc6c5)cc4)c4ccc5c(c4)C4(c6ccccc6-c6ccccc64)c4ccccc4-5)cccc32)cc1. The molecule has 0 N–H and O–H groups in total. The van der Waals surface area contributed by atoms with Crippen LogP contribution in [0.25, 0.3) is 55.3 Å². The van der Waals surface area contributed by atoms with Crippen molar-refractivity contribution in [3.8, 4) is 44.5 Å². The quantitative estimate of drug-likeness (QED) is 0.161. The van der Waals surface area contributed by atoms with Crippen molar-refractivity contribution < 1.29 is 0 Å². The van der Waals surface area contributed by atoms with E-state index in [4.69, 9.17) is 0 Å². The van der Waals surface area contributed by atoms with Gasteiger partial charge in [-0.05, 0) is 131 Å². The van der Waals surface area contributed by atoms with E-state index in [1.165, 1.54) is 99.8 Å². The summed E-state index contributed by atoms with van der Waals surface area (Å²) in [6.07, 6.45) is 0. The van der Waals surface area contributed by atoms with Crippen LogP contribution < -0.4 is 4.90 Å². The number of hydrogen-bond donors (Lipinski definition) is 0. The first-order valence-electron chi connectivity index (χ1n) is 23.4. The summed E-state index contributed by atoms with van der Waals surface area (Å²) < 4.78 is 0. The number of nitrogens with zero attached hydrogens (tertiary/aromatic N) is 1. The Morgan fingerprint density at radius 3 is 1.33 bits per heavy atom. The van der Waals surface area contributed by atoms with Crippen LogP contribution >= 0.6 is 0 Å². The van der Waals surface area contributed by atoms with Crippen molar-refractivity contribution in [3.05, 3.63) is 305 Å². The number of hydrogen-bond acceptors (Lipinski definition) is 1. The molecule has 1 heteroatoms. The summed E-state index contributed by atoms with van der Waals surface area (Å²) in [7, 11) is 0. The predicted octanol–water partition coefficient (Wildman–Crippen LogP) is 16.7. The maximum absolute atomic E-state index is 2.54. The molecular weight excluding hydrogens is 807 g/mol. The van der Waals surface area contributed by atoms with Crippen LogP contribution in [0.1, 0.15) is 44.5 Å². The molecular formula is C66H43N. The van der Waals surface area contributed by atoms with E-state index < -0.39 is 10.8 Å². The molecule has 312 valence electrons. The standard InChI is InChI=1S/C66H43N/c1-3-20-48(21-4-1)65(49-22-5-2-6-23-49)60-31-16-12-27-56(60)64-61(65)32-17-33-63(64)67(50-38-36-45(37-39-50)47-35-34-44-18-7-8-19-46(44)42-47)51-40-41-55-54-26-11-15-30-59(54)66(62(55)43-51)57-28-13-9-24-52(57)53-25-10-14-29-58(53)66/h1-43H. The molecule has 0 aliphatic heterocycles. The molecule has 0 aromatic heterocycles. The first-order chi connectivity index (χ1) is 33.2. The fraction of sp³-hybridized carbons (Fsp3) is 0.0303. The fourth-order valence-corrected chi connectivity index (χ4v) is 12.5. The van der Waals surface area contributed by atoms with E-state index in [0.717, 1.165) is 17.1 Å². The van der Waals surface area contributed by atoms with Crippen LogP contribution in [0, 0.1) is 0 Å². The van der Waals surface area contributed by atoms with Crippen molar-refractivity contribution in [1.82, 2.24) is 0 Å². The summed E-state index contributed by atoms with van der Waals surface area (Å²) in [4.78, 5) is 2.54. The van der Waals surface area contributed by atoms with Crippen molar-refractivity contribution in [2.24, 2.45) is 0 Å². The topological polar surface area (TPSA) is 3.24 Å². The summed E-state index contributed by atoms with van der Waals surface area (Å²) in [5.41, 5.74) is 22.9. The normalized spacial score (nSPS) is 13.9. The second kappa shape index (κ2) is 14.5. The van der Waals surface area contributed by atoms with Crippen molar-refractivity contribution >= 4 is 27.8 Å². The Morgan fingerprint density at radius 1 is 0.254 bits per heavy atom. The average molecular weight is 850 g/mol. The number of benzene rings is 11. The highest BCUT2D eigenvalue weighted by atomic mass is 15.1. The summed E-state index contributed by atoms with van der Waals surface area (Å²) in [6, 6.07) is 97.6. The van der Waals surface area contributed by atoms with E-state index >= 15 is 0 Å². The Morgan fingerprint density at radius 2 is 0.716 bits per heavy atom. The third-order valence-electron chi connectivity index (χ3n) is 15.1. The second-order valence-electron chi connectivity index (χ2n) is 18.3. The van der Waals surface area contributed by atoms with E-state index in [2.05, 4.69) is 266 Å². The smallest absolute Gasteiger partial charge is 0.0726 e. The molecule has 0 atom stereocenters. The van der Waals surface area contributed by atoms with E-state index in [0.29, 0.717) is 0 Å². The van der Waals surface area contributed by atoms with Crippen molar-refractivity contribution in [1.29, 1.82) is 0 Å². The molecule has 3 aliphatic rings. The summed E-state index contributed by atoms with van der Waals surface area (Å²) in [5, 5.41) is 2.49. The second-order valence-corrected chi connectivity index (χ2v) is 18.3. The van der Waals surface area contributed by atoms with Gasteiger partial charge in [0.2, 0.25) is 0 Å². The fourth-order valence-electron chi connectivity index (χ4n) is 12.5. The Kier molecular flexibility index (Phi) is 8.18. The maximum atomic E-state index is 2.54. The van der Waals surface area contributed by atoms with Gasteiger partial charge in [-0.1, -0.05) is 224 Å². The molecule has 14 rings (SSSR count). The Balaban J connectivity index is 1.04. The lowest BCUT2D eigenvalue weighted by Crippen LogP contribution is -2.28. The van der Waals surface area contributed by atoms with Crippen molar-refractivity contribution in [2.75, 3.05) is 4.90 Å². The molecule has 11 aromatic rings. The van der Waals surface area contributed by atoms with Gasteiger partial charge in [0.15, 0.2) is 0 Å². The average Bonchev–Trinajstić information content (AvgIpc) is 4.00. The van der Waals surface area contributed by atoms with Gasteiger partial charge >= 0.3 is 0 Å². The molecule has 1 spiro atoms. The van der Waals surface area contributed by atoms with Crippen molar-refractivity contribution in [3.63, 3.8) is 0 Å². The molecule has 0 bridgehead atoms. The minimum atomic E-state index is -0.531. The molecule has 11 aromatic carbocycles. The van der Waals surface area contributed by atoms with Crippen molar-refractivity contribution in [2.45, 2.75) is 10.8 Å². The van der Waals surface area contributed by atoms with E-state index in [-0.39, 0.29) is 0 Å². The Hall–Kier alpha value is -8.52. The lowest BCUT2D eigenvalue weighted by molar-refractivity contribution is 0.768. The van der Waals surface area contributed by atoms with Gasteiger partial charge in [0.05, 0.1) is 16.5 Å². The van der Waals surface area contributed by atoms with Crippen LogP contribution in [-0.2, 0) is 10.8 Å². The Bertz CT molecular complexity index is 3650. The van der Waals surface area contributed by atoms with Gasteiger partial charge < -0.3 is 4.90 Å². The number of rotatable bonds is 6.